The number of hydrogen-bond donors (Lipinski definition) is 0. The summed E-state index contributed by atoms with van der Waals surface area (Å²) >= 11 is 0. The number of ether oxygens (including phenoxy) is 1. The first kappa shape index (κ1) is 23.4. The minimum Gasteiger partial charge on any atom is -0.380 e. The van der Waals surface area contributed by atoms with E-state index in [9.17, 15) is 9.59 Å². The van der Waals surface area contributed by atoms with Gasteiger partial charge in [-0.05, 0) is 62.2 Å². The van der Waals surface area contributed by atoms with Gasteiger partial charge in [-0.3, -0.25) is 4.79 Å². The molecule has 1 aromatic heterocycles. The van der Waals surface area contributed by atoms with Crippen LogP contribution in [0.25, 0.3) is 21.8 Å². The minimum atomic E-state index is -0.465. The van der Waals surface area contributed by atoms with Crippen LogP contribution in [-0.4, -0.2) is 35.2 Å². The zero-order chi connectivity index (χ0) is 24.2. The molecule has 4 rings (SSSR count). The van der Waals surface area contributed by atoms with Crippen LogP contribution in [0.1, 0.15) is 47.8 Å². The van der Waals surface area contributed by atoms with Crippen molar-refractivity contribution in [2.75, 3.05) is 13.2 Å². The molecule has 0 fully saturated rings. The molecule has 3 aromatic carbocycles. The van der Waals surface area contributed by atoms with Gasteiger partial charge in [-0.25, -0.2) is 4.79 Å². The second-order valence-corrected chi connectivity index (χ2v) is 8.22. The smallest absolute Gasteiger partial charge is 0.331 e. The molecule has 174 valence electrons. The molecule has 4 aromatic rings. The first-order valence-corrected chi connectivity index (χ1v) is 11.4. The predicted octanol–water partition coefficient (Wildman–Crippen LogP) is 5.66. The molecule has 6 heteroatoms. The van der Waals surface area contributed by atoms with Crippen LogP contribution < -0.4 is 0 Å². The lowest BCUT2D eigenvalue weighted by molar-refractivity contribution is -0.140. The molecule has 0 aliphatic rings. The van der Waals surface area contributed by atoms with E-state index in [2.05, 4.69) is 9.72 Å². The van der Waals surface area contributed by atoms with Gasteiger partial charge >= 0.3 is 5.97 Å². The Kier molecular flexibility index (Phi) is 6.89. The van der Waals surface area contributed by atoms with Crippen molar-refractivity contribution >= 4 is 39.3 Å². The van der Waals surface area contributed by atoms with Crippen LogP contribution in [-0.2, 0) is 20.9 Å². The Bertz CT molecular complexity index is 1410. The number of carbonyl (C=O) groups excluding carboxylic acids is 2. The molecule has 0 N–H and O–H groups in total. The van der Waals surface area contributed by atoms with Crippen LogP contribution in [0.15, 0.2) is 65.8 Å². The van der Waals surface area contributed by atoms with Gasteiger partial charge in [0.1, 0.15) is 0 Å². The highest BCUT2D eigenvalue weighted by Gasteiger charge is 2.17. The second-order valence-electron chi connectivity index (χ2n) is 8.22. The van der Waals surface area contributed by atoms with Crippen molar-refractivity contribution in [3.8, 4) is 0 Å². The van der Waals surface area contributed by atoms with E-state index < -0.39 is 5.97 Å². The number of fused-ring (bicyclic) bond motifs is 3. The Labute approximate surface area is 198 Å². The first-order chi connectivity index (χ1) is 16.4. The van der Waals surface area contributed by atoms with Crippen LogP contribution in [0.2, 0.25) is 0 Å². The maximum atomic E-state index is 13.3. The van der Waals surface area contributed by atoms with Crippen LogP contribution in [0.4, 0.5) is 0 Å². The lowest BCUT2D eigenvalue weighted by Crippen LogP contribution is -2.06. The summed E-state index contributed by atoms with van der Waals surface area (Å²) in [7, 11) is 0. The number of carbonyl (C=O) groups is 2. The van der Waals surface area contributed by atoms with E-state index in [1.807, 2.05) is 74.5 Å². The van der Waals surface area contributed by atoms with Gasteiger partial charge in [0.05, 0.1) is 12.3 Å². The SMILES string of the molecule is CCOCCn1c2ccc(C(=O)c3ccccc3C)cc2c2cc(/C(C)=N\OC(C)=O)ccc21. The van der Waals surface area contributed by atoms with E-state index in [1.165, 1.54) is 6.92 Å². The average molecular weight is 457 g/mol. The van der Waals surface area contributed by atoms with Crippen molar-refractivity contribution in [3.05, 3.63) is 82.9 Å². The zero-order valence-corrected chi connectivity index (χ0v) is 19.9. The van der Waals surface area contributed by atoms with Crippen LogP contribution in [0.3, 0.4) is 0 Å². The molecule has 0 radical (unpaired) electrons. The number of aromatic nitrogens is 1. The topological polar surface area (TPSA) is 69.9 Å². The molecule has 0 saturated carbocycles. The third-order valence-corrected chi connectivity index (χ3v) is 5.91. The summed E-state index contributed by atoms with van der Waals surface area (Å²) in [5, 5.41) is 5.91. The van der Waals surface area contributed by atoms with Gasteiger partial charge in [0.15, 0.2) is 5.78 Å². The van der Waals surface area contributed by atoms with Gasteiger partial charge in [-0.15, -0.1) is 0 Å². The van der Waals surface area contributed by atoms with Crippen LogP contribution >= 0.6 is 0 Å². The normalized spacial score (nSPS) is 11.8. The average Bonchev–Trinajstić information content (AvgIpc) is 3.15. The van der Waals surface area contributed by atoms with Gasteiger partial charge in [0.2, 0.25) is 0 Å². The molecule has 0 aliphatic heterocycles. The standard InChI is InChI=1S/C28H28N2O4/c1-5-33-15-14-30-26-12-10-21(19(3)29-34-20(4)31)16-24(26)25-17-22(11-13-27(25)30)28(32)23-9-7-6-8-18(23)2/h6-13,16-17H,5,14-15H2,1-4H3/b29-19-. The highest BCUT2D eigenvalue weighted by Crippen LogP contribution is 2.32. The Balaban J connectivity index is 1.87. The third kappa shape index (κ3) is 4.63. The van der Waals surface area contributed by atoms with Gasteiger partial charge in [0.25, 0.3) is 0 Å². The lowest BCUT2D eigenvalue weighted by Gasteiger charge is -2.08. The highest BCUT2D eigenvalue weighted by atomic mass is 16.7. The number of nitrogens with zero attached hydrogens (tertiary/aromatic N) is 2. The maximum absolute atomic E-state index is 13.3. The minimum absolute atomic E-state index is 0.000952. The van der Waals surface area contributed by atoms with Crippen LogP contribution in [0, 0.1) is 6.92 Å². The van der Waals surface area contributed by atoms with Crippen molar-refractivity contribution in [3.63, 3.8) is 0 Å². The van der Waals surface area contributed by atoms with Crippen LogP contribution in [0.5, 0.6) is 0 Å². The number of oxime groups is 1. The largest absolute Gasteiger partial charge is 0.380 e. The fourth-order valence-electron chi connectivity index (χ4n) is 4.18. The number of benzene rings is 3. The molecular formula is C28H28N2O4. The van der Waals surface area contributed by atoms with Crippen molar-refractivity contribution < 1.29 is 19.2 Å². The molecule has 6 nitrogen and oxygen atoms in total. The fourth-order valence-corrected chi connectivity index (χ4v) is 4.18. The molecule has 0 aliphatic carbocycles. The van der Waals surface area contributed by atoms with E-state index in [-0.39, 0.29) is 5.78 Å². The van der Waals surface area contributed by atoms with Crippen molar-refractivity contribution in [2.45, 2.75) is 34.2 Å². The quantitative estimate of drug-likeness (QED) is 0.113. The maximum Gasteiger partial charge on any atom is 0.331 e. The van der Waals surface area contributed by atoms with Gasteiger partial charge < -0.3 is 14.1 Å². The van der Waals surface area contributed by atoms with E-state index in [0.717, 1.165) is 32.9 Å². The molecule has 0 spiro atoms. The molecule has 0 bridgehead atoms. The Morgan fingerprint density at radius 1 is 0.912 bits per heavy atom. The highest BCUT2D eigenvalue weighted by molar-refractivity contribution is 6.16. The fraction of sp³-hybridized carbons (Fsp3) is 0.250. The van der Waals surface area contributed by atoms with E-state index in [4.69, 9.17) is 9.57 Å². The van der Waals surface area contributed by atoms with Gasteiger partial charge in [0, 0.05) is 53.0 Å². The van der Waals surface area contributed by atoms with Gasteiger partial charge in [-0.2, -0.15) is 0 Å². The predicted molar refractivity (Wildman–Crippen MR) is 135 cm³/mol. The van der Waals surface area contributed by atoms with E-state index in [1.54, 1.807) is 6.92 Å². The molecular weight excluding hydrogens is 428 g/mol. The molecule has 34 heavy (non-hydrogen) atoms. The number of ketones is 1. The number of aryl methyl sites for hydroxylation is 1. The lowest BCUT2D eigenvalue weighted by atomic mass is 9.97. The molecule has 0 saturated heterocycles. The molecule has 0 amide bonds. The molecule has 0 unspecified atom stereocenters. The number of hydrogen-bond acceptors (Lipinski definition) is 5. The van der Waals surface area contributed by atoms with E-state index in [0.29, 0.717) is 36.6 Å². The summed E-state index contributed by atoms with van der Waals surface area (Å²) < 4.78 is 7.82. The summed E-state index contributed by atoms with van der Waals surface area (Å²) in [5.41, 5.74) is 5.80. The molecule has 0 atom stereocenters. The molecule has 1 heterocycles. The summed E-state index contributed by atoms with van der Waals surface area (Å²) in [6.07, 6.45) is 0. The summed E-state index contributed by atoms with van der Waals surface area (Å²) in [6.45, 7) is 8.98. The Morgan fingerprint density at radius 2 is 1.56 bits per heavy atom. The van der Waals surface area contributed by atoms with Crippen molar-refractivity contribution in [2.24, 2.45) is 5.16 Å². The zero-order valence-electron chi connectivity index (χ0n) is 19.9. The summed E-state index contributed by atoms with van der Waals surface area (Å²) in [4.78, 5) is 29.3. The third-order valence-electron chi connectivity index (χ3n) is 5.91. The first-order valence-electron chi connectivity index (χ1n) is 11.4. The monoisotopic (exact) mass is 456 g/mol. The van der Waals surface area contributed by atoms with E-state index >= 15 is 0 Å². The van der Waals surface area contributed by atoms with Crippen molar-refractivity contribution in [1.29, 1.82) is 0 Å². The summed E-state index contributed by atoms with van der Waals surface area (Å²) in [6, 6.07) is 19.5. The summed E-state index contributed by atoms with van der Waals surface area (Å²) in [5.74, 6) is -0.466. The Hall–Kier alpha value is -3.77. The Morgan fingerprint density at radius 3 is 2.21 bits per heavy atom. The second kappa shape index (κ2) is 10.0. The number of rotatable bonds is 8. The van der Waals surface area contributed by atoms with Gasteiger partial charge in [-0.1, -0.05) is 35.5 Å². The van der Waals surface area contributed by atoms with Crippen molar-refractivity contribution in [1.82, 2.24) is 4.57 Å².